The molecule has 6 nitrogen and oxygen atoms in total. The van der Waals surface area contributed by atoms with Gasteiger partial charge in [-0.15, -0.1) is 0 Å². The normalized spacial score (nSPS) is 11.6. The maximum Gasteiger partial charge on any atom is 0.387 e. The fraction of sp³-hybridized carbons (Fsp3) is 0.350. The molecule has 0 aliphatic heterocycles. The van der Waals surface area contributed by atoms with Crippen molar-refractivity contribution in [2.45, 2.75) is 26.0 Å². The fourth-order valence-electron chi connectivity index (χ4n) is 2.66. The van der Waals surface area contributed by atoms with E-state index in [0.29, 0.717) is 24.5 Å². The Labute approximate surface area is 162 Å². The number of ether oxygens (including phenoxy) is 3. The molecule has 2 amide bonds. The van der Waals surface area contributed by atoms with Crippen LogP contribution in [0.15, 0.2) is 42.5 Å². The van der Waals surface area contributed by atoms with E-state index >= 15 is 0 Å². The second-order valence-electron chi connectivity index (χ2n) is 6.00. The van der Waals surface area contributed by atoms with Gasteiger partial charge in [0.2, 0.25) is 0 Å². The standard InChI is InChI=1S/C20H24F2N2O4/c1-13(17-12-16(26-2)8-9-18(17)27-3)24-20(25)23-11-10-14-4-6-15(7-5-14)28-19(21)22/h4-9,12-13,19H,10-11H2,1-3H3,(H2,23,24,25). The van der Waals surface area contributed by atoms with Crippen molar-refractivity contribution < 1.29 is 27.8 Å². The Bertz CT molecular complexity index is 769. The van der Waals surface area contributed by atoms with Crippen molar-refractivity contribution in [3.63, 3.8) is 0 Å². The van der Waals surface area contributed by atoms with Gasteiger partial charge in [0.25, 0.3) is 0 Å². The molecule has 2 N–H and O–H groups in total. The molecule has 1 atom stereocenters. The summed E-state index contributed by atoms with van der Waals surface area (Å²) in [6.07, 6.45) is 0.555. The Morgan fingerprint density at radius 3 is 2.32 bits per heavy atom. The molecule has 0 radical (unpaired) electrons. The highest BCUT2D eigenvalue weighted by Gasteiger charge is 2.15. The summed E-state index contributed by atoms with van der Waals surface area (Å²) in [5, 5.41) is 5.62. The number of rotatable bonds is 9. The lowest BCUT2D eigenvalue weighted by Crippen LogP contribution is -2.38. The predicted molar refractivity (Wildman–Crippen MR) is 101 cm³/mol. The number of alkyl halides is 2. The van der Waals surface area contributed by atoms with E-state index in [1.807, 2.05) is 13.0 Å². The highest BCUT2D eigenvalue weighted by atomic mass is 19.3. The number of halogens is 2. The van der Waals surface area contributed by atoms with E-state index in [9.17, 15) is 13.6 Å². The molecule has 8 heteroatoms. The minimum atomic E-state index is -2.85. The van der Waals surface area contributed by atoms with Crippen LogP contribution in [0.3, 0.4) is 0 Å². The van der Waals surface area contributed by atoms with E-state index in [2.05, 4.69) is 15.4 Å². The molecule has 0 saturated heterocycles. The summed E-state index contributed by atoms with van der Waals surface area (Å²) in [6, 6.07) is 11.1. The van der Waals surface area contributed by atoms with E-state index in [1.165, 1.54) is 12.1 Å². The number of benzene rings is 2. The van der Waals surface area contributed by atoms with Crippen LogP contribution in [-0.4, -0.2) is 33.4 Å². The van der Waals surface area contributed by atoms with Gasteiger partial charge in [-0.1, -0.05) is 12.1 Å². The summed E-state index contributed by atoms with van der Waals surface area (Å²) >= 11 is 0. The minimum Gasteiger partial charge on any atom is -0.497 e. The average Bonchev–Trinajstić information content (AvgIpc) is 2.68. The molecule has 0 saturated carbocycles. The van der Waals surface area contributed by atoms with Gasteiger partial charge in [0, 0.05) is 12.1 Å². The molecule has 0 aliphatic carbocycles. The topological polar surface area (TPSA) is 68.8 Å². The summed E-state index contributed by atoms with van der Waals surface area (Å²) in [4.78, 5) is 12.1. The molecular weight excluding hydrogens is 370 g/mol. The molecule has 0 bridgehead atoms. The molecule has 0 fully saturated rings. The van der Waals surface area contributed by atoms with Gasteiger partial charge in [0.15, 0.2) is 0 Å². The Kier molecular flexibility index (Phi) is 7.86. The molecule has 0 aliphatic rings. The lowest BCUT2D eigenvalue weighted by Gasteiger charge is -2.18. The first-order chi connectivity index (χ1) is 13.4. The maximum absolute atomic E-state index is 12.1. The smallest absolute Gasteiger partial charge is 0.387 e. The number of hydrogen-bond acceptors (Lipinski definition) is 4. The zero-order valence-electron chi connectivity index (χ0n) is 16.0. The van der Waals surface area contributed by atoms with Crippen molar-refractivity contribution in [2.75, 3.05) is 20.8 Å². The summed E-state index contributed by atoms with van der Waals surface area (Å²) in [5.74, 6) is 1.43. The van der Waals surface area contributed by atoms with Gasteiger partial charge in [0.1, 0.15) is 17.2 Å². The number of urea groups is 1. The Morgan fingerprint density at radius 1 is 1.04 bits per heavy atom. The van der Waals surface area contributed by atoms with Gasteiger partial charge >= 0.3 is 12.6 Å². The molecule has 1 unspecified atom stereocenters. The first-order valence-corrected chi connectivity index (χ1v) is 8.73. The van der Waals surface area contributed by atoms with Crippen LogP contribution in [0.5, 0.6) is 17.2 Å². The third-order valence-electron chi connectivity index (χ3n) is 4.10. The van der Waals surface area contributed by atoms with Gasteiger partial charge in [-0.2, -0.15) is 8.78 Å². The van der Waals surface area contributed by atoms with Crippen molar-refractivity contribution in [3.8, 4) is 17.2 Å². The van der Waals surface area contributed by atoms with Crippen LogP contribution in [0.25, 0.3) is 0 Å². The minimum absolute atomic E-state index is 0.102. The van der Waals surface area contributed by atoms with Crippen molar-refractivity contribution >= 4 is 6.03 Å². The second-order valence-corrected chi connectivity index (χ2v) is 6.00. The van der Waals surface area contributed by atoms with Crippen molar-refractivity contribution in [3.05, 3.63) is 53.6 Å². The lowest BCUT2D eigenvalue weighted by molar-refractivity contribution is -0.0498. The van der Waals surface area contributed by atoms with Crippen LogP contribution in [-0.2, 0) is 6.42 Å². The Morgan fingerprint density at radius 2 is 1.71 bits per heavy atom. The number of carbonyl (C=O) groups is 1. The zero-order valence-corrected chi connectivity index (χ0v) is 16.0. The quantitative estimate of drug-likeness (QED) is 0.677. The molecule has 152 valence electrons. The zero-order chi connectivity index (χ0) is 20.5. The second kappa shape index (κ2) is 10.3. The van der Waals surface area contributed by atoms with E-state index in [1.54, 1.807) is 38.5 Å². The number of methoxy groups -OCH3 is 2. The first kappa shape index (κ1) is 21.3. The Hall–Kier alpha value is -3.03. The van der Waals surface area contributed by atoms with Crippen LogP contribution in [0.1, 0.15) is 24.1 Å². The first-order valence-electron chi connectivity index (χ1n) is 8.73. The average molecular weight is 394 g/mol. The number of carbonyl (C=O) groups excluding carboxylic acids is 1. The van der Waals surface area contributed by atoms with E-state index in [0.717, 1.165) is 11.1 Å². The molecule has 2 rings (SSSR count). The summed E-state index contributed by atoms with van der Waals surface area (Å²) in [7, 11) is 3.14. The highest BCUT2D eigenvalue weighted by Crippen LogP contribution is 2.29. The molecular formula is C20H24F2N2O4. The molecule has 28 heavy (non-hydrogen) atoms. The van der Waals surface area contributed by atoms with Crippen LogP contribution in [0.4, 0.5) is 13.6 Å². The monoisotopic (exact) mass is 394 g/mol. The van der Waals surface area contributed by atoms with E-state index in [4.69, 9.17) is 9.47 Å². The van der Waals surface area contributed by atoms with Crippen molar-refractivity contribution in [2.24, 2.45) is 0 Å². The fourth-order valence-corrected chi connectivity index (χ4v) is 2.66. The van der Waals surface area contributed by atoms with Gasteiger partial charge < -0.3 is 24.8 Å². The van der Waals surface area contributed by atoms with Gasteiger partial charge in [0.05, 0.1) is 20.3 Å². The van der Waals surface area contributed by atoms with E-state index < -0.39 is 6.61 Å². The summed E-state index contributed by atoms with van der Waals surface area (Å²) in [6.45, 7) is -0.608. The van der Waals surface area contributed by atoms with E-state index in [-0.39, 0.29) is 17.8 Å². The third kappa shape index (κ3) is 6.29. The molecule has 0 spiro atoms. The predicted octanol–water partition coefficient (Wildman–Crippen LogP) is 3.91. The highest BCUT2D eigenvalue weighted by molar-refractivity contribution is 5.74. The van der Waals surface area contributed by atoms with Crippen molar-refractivity contribution in [1.29, 1.82) is 0 Å². The Balaban J connectivity index is 1.84. The largest absolute Gasteiger partial charge is 0.497 e. The molecule has 2 aromatic carbocycles. The number of amides is 2. The van der Waals surface area contributed by atoms with Gasteiger partial charge in [-0.25, -0.2) is 4.79 Å². The van der Waals surface area contributed by atoms with Crippen LogP contribution in [0, 0.1) is 0 Å². The SMILES string of the molecule is COc1ccc(OC)c(C(C)NC(=O)NCCc2ccc(OC(F)F)cc2)c1. The molecule has 0 aromatic heterocycles. The molecule has 2 aromatic rings. The van der Waals surface area contributed by atoms with Crippen molar-refractivity contribution in [1.82, 2.24) is 10.6 Å². The summed E-state index contributed by atoms with van der Waals surface area (Å²) < 4.78 is 39.1. The van der Waals surface area contributed by atoms with Crippen LogP contribution in [0.2, 0.25) is 0 Å². The summed E-state index contributed by atoms with van der Waals surface area (Å²) in [5.41, 5.74) is 1.69. The molecule has 0 heterocycles. The van der Waals surface area contributed by atoms with Gasteiger partial charge in [-0.05, 0) is 49.2 Å². The van der Waals surface area contributed by atoms with Crippen LogP contribution < -0.4 is 24.8 Å². The number of nitrogens with one attached hydrogen (secondary N) is 2. The van der Waals surface area contributed by atoms with Gasteiger partial charge in [-0.3, -0.25) is 0 Å². The third-order valence-corrected chi connectivity index (χ3v) is 4.10. The number of hydrogen-bond donors (Lipinski definition) is 2. The van der Waals surface area contributed by atoms with Crippen LogP contribution >= 0.6 is 0 Å². The maximum atomic E-state index is 12.1. The lowest BCUT2D eigenvalue weighted by atomic mass is 10.1.